The lowest BCUT2D eigenvalue weighted by Crippen LogP contribution is -2.51. The minimum absolute atomic E-state index is 0.171. The number of amides is 4. The van der Waals surface area contributed by atoms with Gasteiger partial charge in [0.25, 0.3) is 11.8 Å². The molecule has 10 heteroatoms. The summed E-state index contributed by atoms with van der Waals surface area (Å²) < 4.78 is 11.0. The van der Waals surface area contributed by atoms with Crippen molar-refractivity contribution < 1.29 is 28.7 Å². The first kappa shape index (κ1) is 28.1. The van der Waals surface area contributed by atoms with Gasteiger partial charge in [-0.3, -0.25) is 14.5 Å². The van der Waals surface area contributed by atoms with Gasteiger partial charge in [0, 0.05) is 24.2 Å². The van der Waals surface area contributed by atoms with Crippen molar-refractivity contribution in [2.24, 2.45) is 0 Å². The van der Waals surface area contributed by atoms with E-state index >= 15 is 0 Å². The molecule has 1 aromatic rings. The second-order valence-electron chi connectivity index (χ2n) is 10.7. The van der Waals surface area contributed by atoms with E-state index in [1.807, 2.05) is 41.5 Å². The highest BCUT2D eigenvalue weighted by atomic mass is 16.6. The van der Waals surface area contributed by atoms with Gasteiger partial charge in [-0.2, -0.15) is 0 Å². The molecule has 10 nitrogen and oxygen atoms in total. The third kappa shape index (κ3) is 8.24. The van der Waals surface area contributed by atoms with E-state index in [4.69, 9.17) is 9.47 Å². The summed E-state index contributed by atoms with van der Waals surface area (Å²) >= 11 is 0. The summed E-state index contributed by atoms with van der Waals surface area (Å²) in [5.41, 5.74) is -0.190. The highest BCUT2D eigenvalue weighted by molar-refractivity contribution is 6.21. The van der Waals surface area contributed by atoms with Gasteiger partial charge in [0.2, 0.25) is 0 Å². The minimum atomic E-state index is -0.753. The van der Waals surface area contributed by atoms with E-state index in [1.54, 1.807) is 43.0 Å². The van der Waals surface area contributed by atoms with Crippen LogP contribution in [0.4, 0.5) is 9.59 Å². The van der Waals surface area contributed by atoms with Gasteiger partial charge >= 0.3 is 12.2 Å². The maximum atomic E-state index is 12.6. The van der Waals surface area contributed by atoms with E-state index in [0.717, 1.165) is 0 Å². The number of nitrogens with one attached hydrogen (secondary N) is 2. The maximum Gasteiger partial charge on any atom is 0.409 e. The monoisotopic (exact) mass is 490 g/mol. The number of rotatable bonds is 8. The van der Waals surface area contributed by atoms with Gasteiger partial charge in [-0.15, -0.1) is 0 Å². The Bertz CT molecular complexity index is 879. The van der Waals surface area contributed by atoms with Crippen LogP contribution in [-0.4, -0.2) is 70.4 Å². The molecule has 0 saturated heterocycles. The van der Waals surface area contributed by atoms with Crippen LogP contribution in [0, 0.1) is 0 Å². The number of alkyl carbamates (subject to hydrolysis) is 2. The normalized spacial score (nSPS) is 15.5. The molecule has 35 heavy (non-hydrogen) atoms. The van der Waals surface area contributed by atoms with E-state index in [9.17, 15) is 19.2 Å². The zero-order chi connectivity index (χ0) is 26.6. The van der Waals surface area contributed by atoms with Crippen molar-refractivity contribution in [3.05, 3.63) is 35.4 Å². The topological polar surface area (TPSA) is 117 Å². The van der Waals surface area contributed by atoms with Gasteiger partial charge in [0.1, 0.15) is 0 Å². The molecule has 0 aromatic heterocycles. The second-order valence-corrected chi connectivity index (χ2v) is 10.7. The van der Waals surface area contributed by atoms with Gasteiger partial charge in [-0.05, 0) is 73.9 Å². The van der Waals surface area contributed by atoms with Crippen LogP contribution in [0.2, 0.25) is 0 Å². The largest absolute Gasteiger partial charge is 0.430 e. The Morgan fingerprint density at radius 1 is 0.857 bits per heavy atom. The smallest absolute Gasteiger partial charge is 0.409 e. The molecule has 0 bridgehead atoms. The molecule has 1 aliphatic rings. The van der Waals surface area contributed by atoms with Gasteiger partial charge in [-0.1, -0.05) is 12.1 Å². The van der Waals surface area contributed by atoms with Crippen LogP contribution < -0.4 is 10.6 Å². The van der Waals surface area contributed by atoms with Gasteiger partial charge in [0.05, 0.1) is 11.1 Å². The van der Waals surface area contributed by atoms with Crippen molar-refractivity contribution >= 4 is 24.0 Å². The molecule has 0 fully saturated rings. The van der Waals surface area contributed by atoms with E-state index in [2.05, 4.69) is 10.6 Å². The fraction of sp³-hybridized carbons (Fsp3) is 0.600. The van der Waals surface area contributed by atoms with Crippen molar-refractivity contribution in [3.8, 4) is 0 Å². The average Bonchev–Trinajstić information content (AvgIpc) is 2.92. The molecule has 2 N–H and O–H groups in total. The molecular weight excluding hydrogens is 452 g/mol. The summed E-state index contributed by atoms with van der Waals surface area (Å²) in [5.74, 6) is -0.667. The van der Waals surface area contributed by atoms with Crippen LogP contribution in [0.15, 0.2) is 24.3 Å². The zero-order valence-electron chi connectivity index (χ0n) is 21.9. The van der Waals surface area contributed by atoms with Crippen LogP contribution in [0.5, 0.6) is 0 Å². The number of hydrogen-bond acceptors (Lipinski definition) is 7. The van der Waals surface area contributed by atoms with Crippen molar-refractivity contribution in [2.75, 3.05) is 13.1 Å². The number of carbonyl (C=O) groups is 4. The molecule has 0 saturated carbocycles. The molecule has 1 heterocycles. The molecule has 2 unspecified atom stereocenters. The Labute approximate surface area is 207 Å². The number of carbonyl (C=O) groups excluding carboxylic acids is 4. The number of nitrogens with zero attached hydrogens (tertiary/aromatic N) is 2. The number of imide groups is 1. The van der Waals surface area contributed by atoms with Crippen LogP contribution >= 0.6 is 0 Å². The van der Waals surface area contributed by atoms with Crippen molar-refractivity contribution in [3.63, 3.8) is 0 Å². The highest BCUT2D eigenvalue weighted by Crippen LogP contribution is 2.23. The Hall–Kier alpha value is -3.14. The van der Waals surface area contributed by atoms with E-state index < -0.39 is 35.7 Å². The fourth-order valence-corrected chi connectivity index (χ4v) is 3.63. The second kappa shape index (κ2) is 11.1. The summed E-state index contributed by atoms with van der Waals surface area (Å²) in [6, 6.07) is 6.71. The van der Waals surface area contributed by atoms with E-state index in [1.165, 1.54) is 4.90 Å². The van der Waals surface area contributed by atoms with Gasteiger partial charge in [-0.25, -0.2) is 14.5 Å². The number of fused-ring (bicyclic) bond motifs is 1. The molecule has 0 radical (unpaired) electrons. The van der Waals surface area contributed by atoms with Crippen LogP contribution in [0.1, 0.15) is 82.5 Å². The minimum Gasteiger partial charge on any atom is -0.430 e. The SMILES string of the molecule is CC(OC(=O)NC(C)(C)C)N(CCCN1C(=O)c2ccccc2C1=O)C(C)OC(=O)NC(C)(C)C. The molecule has 1 aromatic carbocycles. The molecule has 194 valence electrons. The van der Waals surface area contributed by atoms with Crippen LogP contribution in [-0.2, 0) is 9.47 Å². The lowest BCUT2D eigenvalue weighted by Gasteiger charge is -2.34. The Morgan fingerprint density at radius 3 is 1.63 bits per heavy atom. The Balaban J connectivity index is 2.07. The quantitative estimate of drug-likeness (QED) is 0.421. The van der Waals surface area contributed by atoms with E-state index in [0.29, 0.717) is 24.1 Å². The summed E-state index contributed by atoms with van der Waals surface area (Å²) in [7, 11) is 0. The Morgan fingerprint density at radius 2 is 1.26 bits per heavy atom. The van der Waals surface area contributed by atoms with E-state index in [-0.39, 0.29) is 18.4 Å². The summed E-state index contributed by atoms with van der Waals surface area (Å²) in [5, 5.41) is 5.47. The third-order valence-electron chi connectivity index (χ3n) is 5.12. The van der Waals surface area contributed by atoms with Crippen LogP contribution in [0.3, 0.4) is 0 Å². The molecule has 0 aliphatic carbocycles. The molecule has 2 atom stereocenters. The lowest BCUT2D eigenvalue weighted by atomic mass is 10.1. The van der Waals surface area contributed by atoms with Gasteiger partial charge < -0.3 is 20.1 Å². The molecule has 4 amide bonds. The number of benzene rings is 1. The molecular formula is C25H38N4O6. The summed E-state index contributed by atoms with van der Waals surface area (Å²) in [6.07, 6.45) is -2.34. The standard InChI is InChI=1S/C25H38N4O6/c1-16(34-22(32)26-24(3,4)5)28(17(2)35-23(33)27-25(6,7)8)14-11-15-29-20(30)18-12-9-10-13-19(18)21(29)31/h9-10,12-13,16-17H,11,14-15H2,1-8H3,(H,26,32)(H,27,33). The summed E-state index contributed by atoms with van der Waals surface area (Å²) in [4.78, 5) is 52.8. The first-order chi connectivity index (χ1) is 16.1. The van der Waals surface area contributed by atoms with Crippen molar-refractivity contribution in [1.82, 2.24) is 20.4 Å². The number of ether oxygens (including phenoxy) is 2. The first-order valence-corrected chi connectivity index (χ1v) is 11.8. The molecule has 0 spiro atoms. The van der Waals surface area contributed by atoms with Crippen LogP contribution in [0.25, 0.3) is 0 Å². The molecule has 1 aliphatic heterocycles. The predicted molar refractivity (Wildman–Crippen MR) is 131 cm³/mol. The third-order valence-corrected chi connectivity index (χ3v) is 5.12. The molecule has 2 rings (SSSR count). The van der Waals surface area contributed by atoms with Crippen molar-refractivity contribution in [2.45, 2.75) is 85.3 Å². The maximum absolute atomic E-state index is 12.6. The Kier molecular flexibility index (Phi) is 8.89. The van der Waals surface area contributed by atoms with Crippen molar-refractivity contribution in [1.29, 1.82) is 0 Å². The zero-order valence-corrected chi connectivity index (χ0v) is 21.9. The average molecular weight is 491 g/mol. The fourth-order valence-electron chi connectivity index (χ4n) is 3.63. The van der Waals surface area contributed by atoms with Gasteiger partial charge in [0.15, 0.2) is 12.5 Å². The summed E-state index contributed by atoms with van der Waals surface area (Å²) in [6.45, 7) is 14.8. The first-order valence-electron chi connectivity index (χ1n) is 11.8. The highest BCUT2D eigenvalue weighted by Gasteiger charge is 2.35. The number of hydrogen-bond donors (Lipinski definition) is 2. The lowest BCUT2D eigenvalue weighted by molar-refractivity contribution is -0.0935. The predicted octanol–water partition coefficient (Wildman–Crippen LogP) is 3.72.